The van der Waals surface area contributed by atoms with Crippen LogP contribution in [0, 0.1) is 0 Å². The second-order valence-electron chi connectivity index (χ2n) is 8.48. The van der Waals surface area contributed by atoms with Crippen molar-refractivity contribution in [2.75, 3.05) is 13.7 Å². The van der Waals surface area contributed by atoms with E-state index >= 15 is 0 Å². The summed E-state index contributed by atoms with van der Waals surface area (Å²) < 4.78 is 16.0. The summed E-state index contributed by atoms with van der Waals surface area (Å²) in [5, 5.41) is 2.54. The fourth-order valence-corrected chi connectivity index (χ4v) is 4.29. The molecule has 3 aromatic rings. The van der Waals surface area contributed by atoms with Crippen molar-refractivity contribution in [3.8, 4) is 16.9 Å². The molecule has 0 radical (unpaired) electrons. The van der Waals surface area contributed by atoms with Gasteiger partial charge in [-0.2, -0.15) is 0 Å². The van der Waals surface area contributed by atoms with Gasteiger partial charge in [0.2, 0.25) is 5.91 Å². The zero-order chi connectivity index (χ0) is 25.5. The van der Waals surface area contributed by atoms with Gasteiger partial charge in [-0.05, 0) is 46.4 Å². The number of benzene rings is 3. The molecule has 1 aliphatic rings. The fourth-order valence-electron chi connectivity index (χ4n) is 4.29. The average molecular weight is 489 g/mol. The molecule has 3 N–H and O–H groups in total. The van der Waals surface area contributed by atoms with Gasteiger partial charge in [-0.15, -0.1) is 0 Å². The Kier molecular flexibility index (Phi) is 7.85. The first-order valence-corrected chi connectivity index (χ1v) is 11.7. The predicted molar refractivity (Wildman–Crippen MR) is 133 cm³/mol. The lowest BCUT2D eigenvalue weighted by Gasteiger charge is -2.19. The molecule has 4 rings (SSSR count). The Labute approximate surface area is 209 Å². The van der Waals surface area contributed by atoms with E-state index in [1.165, 1.54) is 0 Å². The number of alkyl carbamates (subject to hydrolysis) is 1. The molecule has 1 aliphatic carbocycles. The molecular formula is C28H28N2O6. The van der Waals surface area contributed by atoms with Crippen molar-refractivity contribution in [1.29, 1.82) is 0 Å². The maximum Gasteiger partial charge on any atom is 0.407 e. The van der Waals surface area contributed by atoms with Gasteiger partial charge in [0, 0.05) is 12.3 Å². The highest BCUT2D eigenvalue weighted by Gasteiger charge is 2.30. The third-order valence-electron chi connectivity index (χ3n) is 6.14. The Balaban J connectivity index is 1.37. The van der Waals surface area contributed by atoms with Gasteiger partial charge in [-0.25, -0.2) is 9.59 Å². The number of primary amides is 1. The summed E-state index contributed by atoms with van der Waals surface area (Å²) in [7, 11) is 1.56. The van der Waals surface area contributed by atoms with Crippen LogP contribution >= 0.6 is 0 Å². The van der Waals surface area contributed by atoms with Crippen LogP contribution in [-0.2, 0) is 25.7 Å². The van der Waals surface area contributed by atoms with E-state index in [-0.39, 0.29) is 32.0 Å². The SMILES string of the molecule is COc1ccc(COC(=O)[C@H](CCC(N)=O)NC(=O)OCC2c3ccccc3-c3ccccc32)cc1. The second kappa shape index (κ2) is 11.4. The molecule has 0 aliphatic heterocycles. The molecule has 8 nitrogen and oxygen atoms in total. The van der Waals surface area contributed by atoms with Crippen LogP contribution in [0.2, 0.25) is 0 Å². The fraction of sp³-hybridized carbons (Fsp3) is 0.250. The minimum Gasteiger partial charge on any atom is -0.497 e. The van der Waals surface area contributed by atoms with Crippen molar-refractivity contribution < 1.29 is 28.6 Å². The highest BCUT2D eigenvalue weighted by atomic mass is 16.6. The van der Waals surface area contributed by atoms with Gasteiger partial charge >= 0.3 is 12.1 Å². The van der Waals surface area contributed by atoms with Crippen molar-refractivity contribution in [3.05, 3.63) is 89.5 Å². The van der Waals surface area contributed by atoms with Gasteiger partial charge in [0.25, 0.3) is 0 Å². The van der Waals surface area contributed by atoms with Crippen molar-refractivity contribution in [3.63, 3.8) is 0 Å². The number of methoxy groups -OCH3 is 1. The number of carbonyl (C=O) groups is 3. The van der Waals surface area contributed by atoms with E-state index in [9.17, 15) is 14.4 Å². The predicted octanol–water partition coefficient (Wildman–Crippen LogP) is 3.91. The normalized spacial score (nSPS) is 12.7. The molecule has 2 amide bonds. The molecule has 0 saturated carbocycles. The monoisotopic (exact) mass is 488 g/mol. The first-order valence-electron chi connectivity index (χ1n) is 11.7. The molecule has 1 atom stereocenters. The van der Waals surface area contributed by atoms with Gasteiger partial charge in [0.1, 0.15) is 25.0 Å². The molecule has 3 aromatic carbocycles. The lowest BCUT2D eigenvalue weighted by molar-refractivity contribution is -0.147. The smallest absolute Gasteiger partial charge is 0.407 e. The molecule has 8 heteroatoms. The summed E-state index contributed by atoms with van der Waals surface area (Å²) in [5.41, 5.74) is 10.4. The highest BCUT2D eigenvalue weighted by molar-refractivity contribution is 5.83. The molecule has 0 aromatic heterocycles. The summed E-state index contributed by atoms with van der Waals surface area (Å²) in [6.45, 7) is 0.103. The van der Waals surface area contributed by atoms with Crippen molar-refractivity contribution in [2.24, 2.45) is 5.73 Å². The van der Waals surface area contributed by atoms with Gasteiger partial charge in [0.15, 0.2) is 0 Å². The van der Waals surface area contributed by atoms with E-state index in [1.807, 2.05) is 48.5 Å². The Bertz CT molecular complexity index is 1200. The molecule has 186 valence electrons. The van der Waals surface area contributed by atoms with Crippen molar-refractivity contribution in [2.45, 2.75) is 31.4 Å². The number of nitrogens with two attached hydrogens (primary N) is 1. The summed E-state index contributed by atoms with van der Waals surface area (Å²) in [4.78, 5) is 36.7. The summed E-state index contributed by atoms with van der Waals surface area (Å²) in [6.07, 6.45) is -0.861. The Morgan fingerprint density at radius 3 is 2.08 bits per heavy atom. The molecule has 0 spiro atoms. The van der Waals surface area contributed by atoms with Gasteiger partial charge in [-0.3, -0.25) is 4.79 Å². The number of amides is 2. The van der Waals surface area contributed by atoms with Crippen LogP contribution < -0.4 is 15.8 Å². The third kappa shape index (κ3) is 5.83. The summed E-state index contributed by atoms with van der Waals surface area (Å²) in [6, 6.07) is 22.0. The number of fused-ring (bicyclic) bond motifs is 3. The number of hydrogen-bond acceptors (Lipinski definition) is 6. The highest BCUT2D eigenvalue weighted by Crippen LogP contribution is 2.44. The lowest BCUT2D eigenvalue weighted by atomic mass is 9.98. The van der Waals surface area contributed by atoms with E-state index in [4.69, 9.17) is 19.9 Å². The number of carbonyl (C=O) groups excluding carboxylic acids is 3. The number of rotatable bonds is 10. The van der Waals surface area contributed by atoms with Gasteiger partial charge in [0.05, 0.1) is 7.11 Å². The first-order chi connectivity index (χ1) is 17.5. The molecule has 0 unspecified atom stereocenters. The van der Waals surface area contributed by atoms with Crippen LogP contribution in [0.15, 0.2) is 72.8 Å². The second-order valence-corrected chi connectivity index (χ2v) is 8.48. The van der Waals surface area contributed by atoms with Crippen LogP contribution in [-0.4, -0.2) is 37.7 Å². The van der Waals surface area contributed by atoms with E-state index in [2.05, 4.69) is 5.32 Å². The maximum atomic E-state index is 12.7. The Hall–Kier alpha value is -4.33. The van der Waals surface area contributed by atoms with Crippen LogP contribution in [0.4, 0.5) is 4.79 Å². The molecule has 0 bridgehead atoms. The summed E-state index contributed by atoms with van der Waals surface area (Å²) in [5.74, 6) is -0.701. The topological polar surface area (TPSA) is 117 Å². The third-order valence-corrected chi connectivity index (χ3v) is 6.14. The van der Waals surface area contributed by atoms with E-state index in [0.717, 1.165) is 27.8 Å². The number of esters is 1. The zero-order valence-electron chi connectivity index (χ0n) is 19.9. The van der Waals surface area contributed by atoms with Crippen LogP contribution in [0.25, 0.3) is 11.1 Å². The maximum absolute atomic E-state index is 12.7. The molecular weight excluding hydrogens is 460 g/mol. The van der Waals surface area contributed by atoms with E-state index in [0.29, 0.717) is 5.75 Å². The minimum atomic E-state index is -1.08. The Morgan fingerprint density at radius 1 is 0.889 bits per heavy atom. The largest absolute Gasteiger partial charge is 0.497 e. The Morgan fingerprint density at radius 2 is 1.50 bits per heavy atom. The minimum absolute atomic E-state index is 0.000967. The van der Waals surface area contributed by atoms with Crippen molar-refractivity contribution in [1.82, 2.24) is 5.32 Å². The molecule has 0 heterocycles. The van der Waals surface area contributed by atoms with Crippen LogP contribution in [0.3, 0.4) is 0 Å². The summed E-state index contributed by atoms with van der Waals surface area (Å²) >= 11 is 0. The molecule has 36 heavy (non-hydrogen) atoms. The number of ether oxygens (including phenoxy) is 3. The van der Waals surface area contributed by atoms with E-state index in [1.54, 1.807) is 31.4 Å². The zero-order valence-corrected chi connectivity index (χ0v) is 19.9. The first kappa shape index (κ1) is 24.8. The molecule has 0 saturated heterocycles. The van der Waals surface area contributed by atoms with Crippen molar-refractivity contribution >= 4 is 18.0 Å². The van der Waals surface area contributed by atoms with E-state index < -0.39 is 24.0 Å². The van der Waals surface area contributed by atoms with Crippen LogP contribution in [0.1, 0.15) is 35.4 Å². The molecule has 0 fully saturated rings. The van der Waals surface area contributed by atoms with Crippen LogP contribution in [0.5, 0.6) is 5.75 Å². The standard InChI is InChI=1S/C28H28N2O6/c1-34-19-12-10-18(11-13-19)16-35-27(32)25(14-15-26(29)31)30-28(33)36-17-24-22-8-4-2-6-20(22)21-7-3-5-9-23(21)24/h2-13,24-25H,14-17H2,1H3,(H2,29,31)(H,30,33)/t25-/m0/s1. The quantitative estimate of drug-likeness (QED) is 0.418. The average Bonchev–Trinajstić information content (AvgIpc) is 3.22. The number of nitrogens with one attached hydrogen (secondary N) is 1. The number of hydrogen-bond donors (Lipinski definition) is 2. The van der Waals surface area contributed by atoms with Gasteiger partial charge < -0.3 is 25.3 Å². The van der Waals surface area contributed by atoms with Gasteiger partial charge in [-0.1, -0.05) is 60.7 Å². The lowest BCUT2D eigenvalue weighted by Crippen LogP contribution is -2.43.